The van der Waals surface area contributed by atoms with Gasteiger partial charge in [-0.25, -0.2) is 14.6 Å². The first-order valence-electron chi connectivity index (χ1n) is 8.86. The fourth-order valence-corrected chi connectivity index (χ4v) is 3.17. The number of anilines is 2. The van der Waals surface area contributed by atoms with Crippen LogP contribution < -0.4 is 11.1 Å². The van der Waals surface area contributed by atoms with E-state index < -0.39 is 23.3 Å². The van der Waals surface area contributed by atoms with E-state index >= 15 is 0 Å². The molecule has 14 heteroatoms. The Morgan fingerprint density at radius 3 is 2.44 bits per heavy atom. The molecular formula is C18H13ClF3N9O. The second-order valence-corrected chi connectivity index (χ2v) is 6.92. The van der Waals surface area contributed by atoms with Gasteiger partial charge in [0.1, 0.15) is 5.82 Å². The predicted octanol–water partition coefficient (Wildman–Crippen LogP) is 3.06. The molecule has 0 aromatic carbocycles. The summed E-state index contributed by atoms with van der Waals surface area (Å²) < 4.78 is 42.2. The Hall–Kier alpha value is -4.00. The summed E-state index contributed by atoms with van der Waals surface area (Å²) in [5.74, 6) is -0.722. The second-order valence-electron chi connectivity index (χ2n) is 6.51. The molecule has 0 saturated carbocycles. The van der Waals surface area contributed by atoms with Crippen LogP contribution in [0.15, 0.2) is 43.1 Å². The van der Waals surface area contributed by atoms with Crippen LogP contribution in [0, 0.1) is 6.92 Å². The van der Waals surface area contributed by atoms with Gasteiger partial charge in [-0.1, -0.05) is 11.6 Å². The van der Waals surface area contributed by atoms with Crippen molar-refractivity contribution in [1.29, 1.82) is 0 Å². The van der Waals surface area contributed by atoms with Crippen molar-refractivity contribution in [3.63, 3.8) is 0 Å². The van der Waals surface area contributed by atoms with Crippen LogP contribution in [0.4, 0.5) is 24.7 Å². The fourth-order valence-electron chi connectivity index (χ4n) is 2.93. The maximum atomic E-state index is 13.9. The molecule has 32 heavy (non-hydrogen) atoms. The summed E-state index contributed by atoms with van der Waals surface area (Å²) >= 11 is 6.14. The van der Waals surface area contributed by atoms with Crippen molar-refractivity contribution in [2.45, 2.75) is 13.1 Å². The Morgan fingerprint density at radius 1 is 1.09 bits per heavy atom. The SMILES string of the molecule is Cc1cc(N)ncc1-n1ncc(C(=O)Nc2cnc(-n3nccn3)c(Cl)c2)c1C(F)(F)F. The lowest BCUT2D eigenvalue weighted by Crippen LogP contribution is -2.21. The summed E-state index contributed by atoms with van der Waals surface area (Å²) in [5.41, 5.74) is 4.12. The zero-order valence-electron chi connectivity index (χ0n) is 16.2. The number of hydrogen-bond donors (Lipinski definition) is 2. The van der Waals surface area contributed by atoms with Gasteiger partial charge in [0.15, 0.2) is 11.5 Å². The molecule has 0 aliphatic carbocycles. The van der Waals surface area contributed by atoms with E-state index in [1.807, 2.05) is 0 Å². The molecule has 10 nitrogen and oxygen atoms in total. The molecule has 1 amide bonds. The number of amides is 1. The van der Waals surface area contributed by atoms with E-state index in [4.69, 9.17) is 17.3 Å². The summed E-state index contributed by atoms with van der Waals surface area (Å²) in [5, 5.41) is 14.0. The summed E-state index contributed by atoms with van der Waals surface area (Å²) in [4.78, 5) is 21.7. The molecule has 4 aromatic heterocycles. The zero-order chi connectivity index (χ0) is 23.0. The van der Waals surface area contributed by atoms with Gasteiger partial charge in [-0.2, -0.15) is 28.5 Å². The third-order valence-corrected chi connectivity index (χ3v) is 4.58. The van der Waals surface area contributed by atoms with E-state index in [0.717, 1.165) is 17.2 Å². The molecule has 0 bridgehead atoms. The smallest absolute Gasteiger partial charge is 0.384 e. The number of aryl methyl sites for hydroxylation is 1. The Morgan fingerprint density at radius 2 is 1.81 bits per heavy atom. The van der Waals surface area contributed by atoms with Crippen LogP contribution >= 0.6 is 11.6 Å². The van der Waals surface area contributed by atoms with Gasteiger partial charge in [0, 0.05) is 0 Å². The Labute approximate surface area is 182 Å². The molecule has 0 spiro atoms. The van der Waals surface area contributed by atoms with E-state index in [2.05, 4.69) is 30.6 Å². The summed E-state index contributed by atoms with van der Waals surface area (Å²) in [6.07, 6.45) is 1.15. The molecule has 0 radical (unpaired) electrons. The highest BCUT2D eigenvalue weighted by Gasteiger charge is 2.41. The van der Waals surface area contributed by atoms with Crippen LogP contribution in [0.5, 0.6) is 0 Å². The molecule has 4 rings (SSSR count). The minimum Gasteiger partial charge on any atom is -0.384 e. The number of nitrogens with two attached hydrogens (primary N) is 1. The van der Waals surface area contributed by atoms with E-state index in [-0.39, 0.29) is 28.0 Å². The molecule has 3 N–H and O–H groups in total. The molecule has 4 aromatic rings. The van der Waals surface area contributed by atoms with Gasteiger partial charge < -0.3 is 11.1 Å². The quantitative estimate of drug-likeness (QED) is 0.475. The minimum absolute atomic E-state index is 0.0337. The molecule has 0 unspecified atom stereocenters. The summed E-state index contributed by atoms with van der Waals surface area (Å²) in [6, 6.07) is 2.72. The van der Waals surface area contributed by atoms with Gasteiger partial charge >= 0.3 is 6.18 Å². The standard InChI is InChI=1S/C18H13ClF3N9O/c1-9-4-14(23)24-8-13(9)30-15(18(20,21)22)11(7-28-30)17(32)29-10-5-12(19)16(25-6-10)31-26-2-3-27-31/h2-8H,1H3,(H2,23,24)(H,29,32). The molecule has 0 saturated heterocycles. The number of rotatable bonds is 4. The highest BCUT2D eigenvalue weighted by molar-refractivity contribution is 6.32. The molecule has 0 fully saturated rings. The molecule has 4 heterocycles. The van der Waals surface area contributed by atoms with Crippen molar-refractivity contribution in [1.82, 2.24) is 34.7 Å². The Kier molecular flexibility index (Phi) is 5.26. The first-order valence-corrected chi connectivity index (χ1v) is 9.24. The maximum absolute atomic E-state index is 13.9. The highest BCUT2D eigenvalue weighted by Crippen LogP contribution is 2.34. The summed E-state index contributed by atoms with van der Waals surface area (Å²) in [6.45, 7) is 1.55. The van der Waals surface area contributed by atoms with Crippen molar-refractivity contribution in [2.24, 2.45) is 0 Å². The number of carbonyl (C=O) groups is 1. The average molecular weight is 464 g/mol. The zero-order valence-corrected chi connectivity index (χ0v) is 16.9. The van der Waals surface area contributed by atoms with Crippen molar-refractivity contribution >= 4 is 29.0 Å². The molecule has 164 valence electrons. The fraction of sp³-hybridized carbons (Fsp3) is 0.111. The molecular weight excluding hydrogens is 451 g/mol. The van der Waals surface area contributed by atoms with E-state index in [1.54, 1.807) is 6.92 Å². The first-order chi connectivity index (χ1) is 15.1. The number of hydrogen-bond acceptors (Lipinski definition) is 7. The number of halogens is 4. The number of alkyl halides is 3. The van der Waals surface area contributed by atoms with E-state index in [0.29, 0.717) is 10.2 Å². The van der Waals surface area contributed by atoms with Crippen LogP contribution in [0.1, 0.15) is 21.6 Å². The van der Waals surface area contributed by atoms with Crippen LogP contribution in [0.25, 0.3) is 11.5 Å². The highest BCUT2D eigenvalue weighted by atomic mass is 35.5. The lowest BCUT2D eigenvalue weighted by Gasteiger charge is -2.14. The topological polar surface area (TPSA) is 129 Å². The molecule has 0 aliphatic rings. The third-order valence-electron chi connectivity index (χ3n) is 4.30. The van der Waals surface area contributed by atoms with E-state index in [9.17, 15) is 18.0 Å². The third kappa shape index (κ3) is 3.97. The lowest BCUT2D eigenvalue weighted by atomic mass is 10.2. The molecule has 0 atom stereocenters. The van der Waals surface area contributed by atoms with Crippen LogP contribution in [-0.2, 0) is 6.18 Å². The lowest BCUT2D eigenvalue weighted by molar-refractivity contribution is -0.143. The number of carbonyl (C=O) groups excluding carboxylic acids is 1. The van der Waals surface area contributed by atoms with Gasteiger partial charge in [-0.05, 0) is 24.6 Å². The number of nitrogens with one attached hydrogen (secondary N) is 1. The largest absolute Gasteiger partial charge is 0.434 e. The minimum atomic E-state index is -4.89. The Bertz CT molecular complexity index is 1300. The molecule has 0 aliphatic heterocycles. The normalized spacial score (nSPS) is 11.5. The van der Waals surface area contributed by atoms with Gasteiger partial charge in [0.2, 0.25) is 0 Å². The monoisotopic (exact) mass is 463 g/mol. The van der Waals surface area contributed by atoms with Crippen molar-refractivity contribution < 1.29 is 18.0 Å². The van der Waals surface area contributed by atoms with Gasteiger partial charge in [-0.15, -0.1) is 4.80 Å². The number of nitrogens with zero attached hydrogens (tertiary/aromatic N) is 7. The van der Waals surface area contributed by atoms with Gasteiger partial charge in [0.25, 0.3) is 5.91 Å². The number of aromatic nitrogens is 7. The maximum Gasteiger partial charge on any atom is 0.434 e. The van der Waals surface area contributed by atoms with Crippen LogP contribution in [-0.4, -0.2) is 40.6 Å². The van der Waals surface area contributed by atoms with Crippen molar-refractivity contribution in [3.8, 4) is 11.5 Å². The average Bonchev–Trinajstić information content (AvgIpc) is 3.38. The van der Waals surface area contributed by atoms with Crippen molar-refractivity contribution in [3.05, 3.63) is 65.0 Å². The van der Waals surface area contributed by atoms with Crippen LogP contribution in [0.2, 0.25) is 5.02 Å². The van der Waals surface area contributed by atoms with Crippen LogP contribution in [0.3, 0.4) is 0 Å². The second kappa shape index (κ2) is 7.92. The first kappa shape index (κ1) is 21.2. The van der Waals surface area contributed by atoms with Crippen molar-refractivity contribution in [2.75, 3.05) is 11.1 Å². The van der Waals surface area contributed by atoms with E-state index in [1.165, 1.54) is 30.7 Å². The predicted molar refractivity (Wildman–Crippen MR) is 108 cm³/mol. The Balaban J connectivity index is 1.69. The number of nitrogen functional groups attached to an aromatic ring is 1. The van der Waals surface area contributed by atoms with Gasteiger partial charge in [-0.3, -0.25) is 4.79 Å². The number of pyridine rings is 2. The van der Waals surface area contributed by atoms with Gasteiger partial charge in [0.05, 0.1) is 52.9 Å². The summed E-state index contributed by atoms with van der Waals surface area (Å²) in [7, 11) is 0.